The number of aromatic nitrogens is 2. The average Bonchev–Trinajstić information content (AvgIpc) is 3.17. The highest BCUT2D eigenvalue weighted by atomic mass is 32.2. The molecule has 2 amide bonds. The summed E-state index contributed by atoms with van der Waals surface area (Å²) >= 11 is 0. The van der Waals surface area contributed by atoms with Gasteiger partial charge in [-0.3, -0.25) is 14.0 Å². The molecule has 25 heavy (non-hydrogen) atoms. The summed E-state index contributed by atoms with van der Waals surface area (Å²) in [6.45, 7) is 0.0686. The molecule has 0 radical (unpaired) electrons. The summed E-state index contributed by atoms with van der Waals surface area (Å²) in [5.41, 5.74) is 5.55. The summed E-state index contributed by atoms with van der Waals surface area (Å²) in [5, 5.41) is 5.92. The zero-order valence-electron chi connectivity index (χ0n) is 13.2. The molecule has 1 unspecified atom stereocenters. The summed E-state index contributed by atoms with van der Waals surface area (Å²) in [5.74, 6) is -1.23. The van der Waals surface area contributed by atoms with Crippen LogP contribution in [0.1, 0.15) is 16.9 Å². The van der Waals surface area contributed by atoms with Crippen molar-refractivity contribution >= 4 is 32.9 Å². The highest BCUT2D eigenvalue weighted by Crippen LogP contribution is 2.17. The normalized spacial score (nSPS) is 17.2. The van der Waals surface area contributed by atoms with Crippen LogP contribution in [0.5, 0.6) is 0 Å². The number of amides is 2. The van der Waals surface area contributed by atoms with Crippen molar-refractivity contribution in [2.45, 2.75) is 17.7 Å². The number of oxime groups is 1. The Morgan fingerprint density at radius 2 is 2.20 bits per heavy atom. The Morgan fingerprint density at radius 1 is 1.44 bits per heavy atom. The standard InChI is InChI=1S/C14H15N5O5S/c1-25(22,23)14-17-11(10-4-2-3-5-19(10)14)13(21)16-7-8-6-9(12(15)20)18-24-8/h2-5,8H,6-7H2,1H3,(H2,15,20)(H,16,21). The topological polar surface area (TPSA) is 145 Å². The number of nitrogens with zero attached hydrogens (tertiary/aromatic N) is 3. The van der Waals surface area contributed by atoms with Gasteiger partial charge in [-0.1, -0.05) is 11.2 Å². The zero-order valence-corrected chi connectivity index (χ0v) is 14.0. The largest absolute Gasteiger partial charge is 0.390 e. The van der Waals surface area contributed by atoms with Crippen LogP contribution in [0.3, 0.4) is 0 Å². The Morgan fingerprint density at radius 3 is 2.84 bits per heavy atom. The third-order valence-electron chi connectivity index (χ3n) is 3.57. The molecule has 0 fully saturated rings. The molecule has 2 aromatic heterocycles. The van der Waals surface area contributed by atoms with Gasteiger partial charge in [0, 0.05) is 18.9 Å². The molecule has 0 saturated heterocycles. The van der Waals surface area contributed by atoms with Crippen LogP contribution < -0.4 is 11.1 Å². The van der Waals surface area contributed by atoms with Crippen molar-refractivity contribution in [3.8, 4) is 0 Å². The fraction of sp³-hybridized carbons (Fsp3) is 0.286. The van der Waals surface area contributed by atoms with E-state index in [0.29, 0.717) is 5.52 Å². The number of carbonyl (C=O) groups is 2. The molecular formula is C14H15N5O5S. The molecule has 11 heteroatoms. The highest BCUT2D eigenvalue weighted by molar-refractivity contribution is 7.90. The number of hydrogen-bond acceptors (Lipinski definition) is 7. The van der Waals surface area contributed by atoms with Crippen molar-refractivity contribution in [1.29, 1.82) is 0 Å². The highest BCUT2D eigenvalue weighted by Gasteiger charge is 2.27. The number of rotatable bonds is 5. The second-order valence-corrected chi connectivity index (χ2v) is 7.42. The van der Waals surface area contributed by atoms with Crippen LogP contribution in [0.4, 0.5) is 0 Å². The van der Waals surface area contributed by atoms with E-state index in [1.807, 2.05) is 0 Å². The minimum atomic E-state index is -3.61. The summed E-state index contributed by atoms with van der Waals surface area (Å²) in [6, 6.07) is 4.91. The fourth-order valence-electron chi connectivity index (χ4n) is 2.41. The summed E-state index contributed by atoms with van der Waals surface area (Å²) in [6.07, 6.45) is 2.21. The molecule has 1 aliphatic heterocycles. The van der Waals surface area contributed by atoms with Crippen molar-refractivity contribution in [3.63, 3.8) is 0 Å². The van der Waals surface area contributed by atoms with E-state index in [-0.39, 0.29) is 29.5 Å². The van der Waals surface area contributed by atoms with Gasteiger partial charge < -0.3 is 15.9 Å². The molecule has 3 rings (SSSR count). The molecule has 10 nitrogen and oxygen atoms in total. The van der Waals surface area contributed by atoms with Crippen LogP contribution in [0.25, 0.3) is 5.52 Å². The van der Waals surface area contributed by atoms with Crippen molar-refractivity contribution < 1.29 is 22.8 Å². The van der Waals surface area contributed by atoms with Crippen LogP contribution in [0.15, 0.2) is 34.7 Å². The first kappa shape index (κ1) is 16.9. The van der Waals surface area contributed by atoms with E-state index in [1.165, 1.54) is 10.6 Å². The first-order valence-electron chi connectivity index (χ1n) is 7.25. The molecule has 1 aliphatic rings. The maximum atomic E-state index is 12.4. The lowest BCUT2D eigenvalue weighted by molar-refractivity contribution is -0.112. The van der Waals surface area contributed by atoms with Crippen LogP contribution in [-0.2, 0) is 19.5 Å². The van der Waals surface area contributed by atoms with E-state index >= 15 is 0 Å². The first-order chi connectivity index (χ1) is 11.8. The predicted octanol–water partition coefficient (Wildman–Crippen LogP) is -0.902. The van der Waals surface area contributed by atoms with Gasteiger partial charge >= 0.3 is 0 Å². The van der Waals surface area contributed by atoms with Crippen LogP contribution in [0.2, 0.25) is 0 Å². The van der Waals surface area contributed by atoms with Crippen LogP contribution >= 0.6 is 0 Å². The third kappa shape index (κ3) is 3.31. The number of sulfone groups is 1. The maximum Gasteiger partial charge on any atom is 0.272 e. The Balaban J connectivity index is 1.78. The number of nitrogens with two attached hydrogens (primary N) is 1. The van der Waals surface area contributed by atoms with Gasteiger partial charge in [-0.25, -0.2) is 13.4 Å². The molecule has 3 heterocycles. The van der Waals surface area contributed by atoms with Gasteiger partial charge in [0.05, 0.1) is 12.1 Å². The maximum absolute atomic E-state index is 12.4. The molecule has 0 bridgehead atoms. The summed E-state index contributed by atoms with van der Waals surface area (Å²) < 4.78 is 25.0. The number of carbonyl (C=O) groups excluding carboxylic acids is 2. The zero-order chi connectivity index (χ0) is 18.2. The molecule has 3 N–H and O–H groups in total. The lowest BCUT2D eigenvalue weighted by Gasteiger charge is -2.08. The van der Waals surface area contributed by atoms with Crippen LogP contribution in [-0.4, -0.2) is 54.2 Å². The molecule has 0 spiro atoms. The third-order valence-corrected chi connectivity index (χ3v) is 4.52. The van der Waals surface area contributed by atoms with Gasteiger partial charge in [0.1, 0.15) is 5.71 Å². The van der Waals surface area contributed by atoms with Crippen molar-refractivity contribution in [2.75, 3.05) is 12.8 Å². The second kappa shape index (κ2) is 6.16. The number of pyridine rings is 1. The Bertz CT molecular complexity index is 994. The van der Waals surface area contributed by atoms with E-state index in [4.69, 9.17) is 10.6 Å². The molecule has 132 valence electrons. The number of imidazole rings is 1. The Labute approximate surface area is 142 Å². The van der Waals surface area contributed by atoms with Crippen molar-refractivity contribution in [1.82, 2.24) is 14.7 Å². The number of fused-ring (bicyclic) bond motifs is 1. The smallest absolute Gasteiger partial charge is 0.272 e. The molecule has 0 aromatic carbocycles. The molecule has 0 aliphatic carbocycles. The quantitative estimate of drug-likeness (QED) is 0.702. The molecule has 0 saturated carbocycles. The van der Waals surface area contributed by atoms with Gasteiger partial charge in [-0.15, -0.1) is 0 Å². The van der Waals surface area contributed by atoms with E-state index in [2.05, 4.69) is 15.5 Å². The first-order valence-corrected chi connectivity index (χ1v) is 9.14. The van der Waals surface area contributed by atoms with E-state index in [0.717, 1.165) is 6.26 Å². The van der Waals surface area contributed by atoms with Gasteiger partial charge in [0.2, 0.25) is 15.0 Å². The van der Waals surface area contributed by atoms with E-state index in [1.54, 1.807) is 18.2 Å². The summed E-state index contributed by atoms with van der Waals surface area (Å²) in [7, 11) is -3.61. The number of nitrogens with one attached hydrogen (secondary N) is 1. The lowest BCUT2D eigenvalue weighted by Crippen LogP contribution is -2.33. The average molecular weight is 365 g/mol. The lowest BCUT2D eigenvalue weighted by atomic mass is 10.1. The minimum absolute atomic E-state index is 0.0185. The predicted molar refractivity (Wildman–Crippen MR) is 86.8 cm³/mol. The molecular weight excluding hydrogens is 350 g/mol. The van der Waals surface area contributed by atoms with Gasteiger partial charge in [0.25, 0.3) is 11.8 Å². The van der Waals surface area contributed by atoms with Gasteiger partial charge in [-0.2, -0.15) is 0 Å². The minimum Gasteiger partial charge on any atom is -0.390 e. The van der Waals surface area contributed by atoms with Gasteiger partial charge in [-0.05, 0) is 12.1 Å². The summed E-state index contributed by atoms with van der Waals surface area (Å²) in [4.78, 5) is 32.4. The second-order valence-electron chi connectivity index (χ2n) is 5.51. The van der Waals surface area contributed by atoms with E-state index < -0.39 is 27.8 Å². The van der Waals surface area contributed by atoms with Crippen LogP contribution in [0, 0.1) is 0 Å². The number of hydrogen-bond donors (Lipinski definition) is 2. The Hall–Kier alpha value is -2.95. The van der Waals surface area contributed by atoms with Crippen molar-refractivity contribution in [3.05, 3.63) is 30.1 Å². The SMILES string of the molecule is CS(=O)(=O)c1nc(C(=O)NCC2CC(C(N)=O)=NO2)c2ccccn12. The van der Waals surface area contributed by atoms with E-state index in [9.17, 15) is 18.0 Å². The molecule has 1 atom stereocenters. The van der Waals surface area contributed by atoms with Crippen molar-refractivity contribution in [2.24, 2.45) is 10.9 Å². The number of primary amides is 1. The monoisotopic (exact) mass is 365 g/mol. The fourth-order valence-corrected chi connectivity index (χ4v) is 3.19. The molecule has 2 aromatic rings. The van der Waals surface area contributed by atoms with Gasteiger partial charge in [0.15, 0.2) is 11.8 Å². The Kier molecular flexibility index (Phi) is 4.17.